The molecule has 2 saturated heterocycles. The number of alkyl carbamates (subject to hydrolysis) is 1. The lowest BCUT2D eigenvalue weighted by atomic mass is 10.1. The summed E-state index contributed by atoms with van der Waals surface area (Å²) in [6.07, 6.45) is -3.64. The summed E-state index contributed by atoms with van der Waals surface area (Å²) in [7, 11) is 0. The zero-order valence-corrected chi connectivity index (χ0v) is 14.0. The van der Waals surface area contributed by atoms with Crippen LogP contribution in [0.1, 0.15) is 19.4 Å². The number of hydrogen-bond acceptors (Lipinski definition) is 6. The molecule has 25 heavy (non-hydrogen) atoms. The molecule has 2 fully saturated rings. The number of carbonyl (C=O) groups excluding carboxylic acids is 1. The number of ether oxygens (including phenoxy) is 4. The normalized spacial score (nSPS) is 29.8. The van der Waals surface area contributed by atoms with Crippen LogP contribution in [-0.2, 0) is 30.3 Å². The molecule has 1 amide bonds. The highest BCUT2D eigenvalue weighted by molar-refractivity contribution is 5.74. The van der Waals surface area contributed by atoms with Gasteiger partial charge in [-0.2, -0.15) is 0 Å². The zero-order chi connectivity index (χ0) is 18.0. The van der Waals surface area contributed by atoms with E-state index in [4.69, 9.17) is 18.9 Å². The number of aliphatic carboxylic acids is 1. The quantitative estimate of drug-likeness (QED) is 0.824. The molecule has 136 valence electrons. The highest BCUT2D eigenvalue weighted by atomic mass is 16.8. The van der Waals surface area contributed by atoms with Gasteiger partial charge in [0, 0.05) is 6.54 Å². The molecule has 0 spiro atoms. The van der Waals surface area contributed by atoms with E-state index in [0.29, 0.717) is 0 Å². The molecule has 8 nitrogen and oxygen atoms in total. The summed E-state index contributed by atoms with van der Waals surface area (Å²) in [5, 5.41) is 11.8. The third-order valence-electron chi connectivity index (χ3n) is 4.05. The van der Waals surface area contributed by atoms with Gasteiger partial charge in [-0.3, -0.25) is 0 Å². The van der Waals surface area contributed by atoms with Gasteiger partial charge in [-0.25, -0.2) is 9.59 Å². The number of amides is 1. The van der Waals surface area contributed by atoms with Crippen molar-refractivity contribution in [3.63, 3.8) is 0 Å². The molecular formula is C17H21NO7. The molecule has 1 aromatic rings. The highest BCUT2D eigenvalue weighted by Gasteiger charge is 2.57. The number of carboxylic acids is 1. The molecule has 2 aliphatic heterocycles. The molecule has 0 aliphatic carbocycles. The Bertz CT molecular complexity index is 633. The molecule has 2 unspecified atom stereocenters. The van der Waals surface area contributed by atoms with E-state index in [2.05, 4.69) is 5.32 Å². The van der Waals surface area contributed by atoms with E-state index in [9.17, 15) is 14.7 Å². The first-order valence-corrected chi connectivity index (χ1v) is 8.04. The number of rotatable bonds is 5. The maximum absolute atomic E-state index is 11.8. The van der Waals surface area contributed by atoms with Gasteiger partial charge < -0.3 is 29.4 Å². The van der Waals surface area contributed by atoms with Crippen LogP contribution >= 0.6 is 0 Å². The Hall–Kier alpha value is -2.16. The molecular weight excluding hydrogens is 330 g/mol. The summed E-state index contributed by atoms with van der Waals surface area (Å²) in [6.45, 7) is 3.64. The lowest BCUT2D eigenvalue weighted by Gasteiger charge is -2.23. The van der Waals surface area contributed by atoms with Crippen LogP contribution in [0, 0.1) is 0 Å². The summed E-state index contributed by atoms with van der Waals surface area (Å²) in [5.41, 5.74) is 0.870. The number of hydrogen-bond donors (Lipinski definition) is 2. The van der Waals surface area contributed by atoms with Gasteiger partial charge in [0.1, 0.15) is 24.9 Å². The van der Waals surface area contributed by atoms with Crippen molar-refractivity contribution in [3.05, 3.63) is 35.9 Å². The van der Waals surface area contributed by atoms with Crippen molar-refractivity contribution in [1.29, 1.82) is 0 Å². The van der Waals surface area contributed by atoms with Crippen molar-refractivity contribution in [1.82, 2.24) is 5.32 Å². The summed E-state index contributed by atoms with van der Waals surface area (Å²) in [6, 6.07) is 9.28. The maximum Gasteiger partial charge on any atom is 0.407 e. The van der Waals surface area contributed by atoms with Crippen LogP contribution in [0.15, 0.2) is 30.3 Å². The molecule has 2 heterocycles. The monoisotopic (exact) mass is 351 g/mol. The maximum atomic E-state index is 11.8. The third-order valence-corrected chi connectivity index (χ3v) is 4.05. The fraction of sp³-hybridized carbons (Fsp3) is 0.529. The van der Waals surface area contributed by atoms with E-state index in [1.807, 2.05) is 30.3 Å². The van der Waals surface area contributed by atoms with E-state index in [1.54, 1.807) is 13.8 Å². The van der Waals surface area contributed by atoms with Crippen molar-refractivity contribution in [3.8, 4) is 0 Å². The molecule has 0 saturated carbocycles. The predicted molar refractivity (Wildman–Crippen MR) is 84.8 cm³/mol. The molecule has 1 aromatic carbocycles. The van der Waals surface area contributed by atoms with Crippen LogP contribution in [0.2, 0.25) is 0 Å². The van der Waals surface area contributed by atoms with Crippen LogP contribution in [0.4, 0.5) is 4.79 Å². The SMILES string of the molecule is CC1(C)OC2C(O1)[C@H](C(=O)O)O[C@@H]2CNC(=O)OCc1ccccc1. The second kappa shape index (κ2) is 6.99. The predicted octanol–water partition coefficient (Wildman–Crippen LogP) is 1.28. The van der Waals surface area contributed by atoms with Gasteiger partial charge in [0.25, 0.3) is 0 Å². The number of fused-ring (bicyclic) bond motifs is 1. The number of carbonyl (C=O) groups is 2. The topological polar surface area (TPSA) is 103 Å². The summed E-state index contributed by atoms with van der Waals surface area (Å²) in [5.74, 6) is -2.01. The summed E-state index contributed by atoms with van der Waals surface area (Å²) in [4.78, 5) is 23.2. The lowest BCUT2D eigenvalue weighted by molar-refractivity contribution is -0.193. The van der Waals surface area contributed by atoms with Crippen molar-refractivity contribution >= 4 is 12.1 Å². The Morgan fingerprint density at radius 3 is 2.56 bits per heavy atom. The van der Waals surface area contributed by atoms with Gasteiger partial charge in [0.15, 0.2) is 11.9 Å². The number of carboxylic acid groups (broad SMARTS) is 1. The Morgan fingerprint density at radius 2 is 1.88 bits per heavy atom. The van der Waals surface area contributed by atoms with Crippen LogP contribution in [0.3, 0.4) is 0 Å². The Morgan fingerprint density at radius 1 is 1.20 bits per heavy atom. The van der Waals surface area contributed by atoms with Gasteiger partial charge in [0.2, 0.25) is 0 Å². The largest absolute Gasteiger partial charge is 0.479 e. The fourth-order valence-electron chi connectivity index (χ4n) is 3.00. The molecule has 4 atom stereocenters. The smallest absolute Gasteiger partial charge is 0.407 e. The molecule has 3 rings (SSSR count). The second-order valence-electron chi connectivity index (χ2n) is 6.44. The molecule has 0 radical (unpaired) electrons. The van der Waals surface area contributed by atoms with E-state index in [-0.39, 0.29) is 13.2 Å². The van der Waals surface area contributed by atoms with Gasteiger partial charge in [-0.05, 0) is 19.4 Å². The summed E-state index contributed by atoms with van der Waals surface area (Å²) >= 11 is 0. The number of benzene rings is 1. The van der Waals surface area contributed by atoms with Crippen molar-refractivity contribution in [2.75, 3.05) is 6.54 Å². The minimum absolute atomic E-state index is 0.0675. The molecule has 0 bridgehead atoms. The van der Waals surface area contributed by atoms with Gasteiger partial charge in [-0.1, -0.05) is 30.3 Å². The number of nitrogens with one attached hydrogen (secondary N) is 1. The minimum atomic E-state index is -1.13. The standard InChI is InChI=1S/C17H21NO7/c1-17(2)24-12-11(23-14(15(19)20)13(12)25-17)8-18-16(21)22-9-10-6-4-3-5-7-10/h3-7,11-14H,8-9H2,1-2H3,(H,18,21)(H,19,20)/t11-,12?,13?,14-/m1/s1. The average molecular weight is 351 g/mol. The van der Waals surface area contributed by atoms with E-state index in [0.717, 1.165) is 5.56 Å². The van der Waals surface area contributed by atoms with Crippen molar-refractivity contribution in [2.24, 2.45) is 0 Å². The van der Waals surface area contributed by atoms with Crippen molar-refractivity contribution < 1.29 is 33.6 Å². The first-order valence-electron chi connectivity index (χ1n) is 8.04. The molecule has 0 aromatic heterocycles. The third kappa shape index (κ3) is 4.09. The molecule has 2 aliphatic rings. The lowest BCUT2D eigenvalue weighted by Crippen LogP contribution is -2.40. The van der Waals surface area contributed by atoms with Crippen LogP contribution < -0.4 is 5.32 Å². The van der Waals surface area contributed by atoms with Gasteiger partial charge in [0.05, 0.1) is 0 Å². The highest BCUT2D eigenvalue weighted by Crippen LogP contribution is 2.38. The van der Waals surface area contributed by atoms with Crippen LogP contribution in [0.25, 0.3) is 0 Å². The van der Waals surface area contributed by atoms with Gasteiger partial charge >= 0.3 is 12.1 Å². The first-order chi connectivity index (χ1) is 11.9. The van der Waals surface area contributed by atoms with E-state index < -0.39 is 42.3 Å². The van der Waals surface area contributed by atoms with E-state index >= 15 is 0 Å². The molecule has 2 N–H and O–H groups in total. The average Bonchev–Trinajstić information content (AvgIpc) is 3.05. The van der Waals surface area contributed by atoms with Crippen LogP contribution in [-0.4, -0.2) is 53.9 Å². The fourth-order valence-corrected chi connectivity index (χ4v) is 3.00. The molecule has 8 heteroatoms. The van der Waals surface area contributed by atoms with Gasteiger partial charge in [-0.15, -0.1) is 0 Å². The Labute approximate surface area is 145 Å². The Balaban J connectivity index is 1.52. The van der Waals surface area contributed by atoms with E-state index in [1.165, 1.54) is 0 Å². The van der Waals surface area contributed by atoms with Crippen LogP contribution in [0.5, 0.6) is 0 Å². The second-order valence-corrected chi connectivity index (χ2v) is 6.44. The Kier molecular flexibility index (Phi) is 4.94. The summed E-state index contributed by atoms with van der Waals surface area (Å²) < 4.78 is 21.9. The van der Waals surface area contributed by atoms with Crippen molar-refractivity contribution in [2.45, 2.75) is 50.7 Å². The first kappa shape index (κ1) is 17.7. The zero-order valence-electron chi connectivity index (χ0n) is 14.0. The minimum Gasteiger partial charge on any atom is -0.479 e.